The van der Waals surface area contributed by atoms with Crippen LogP contribution in [0.5, 0.6) is 0 Å². The first kappa shape index (κ1) is 20.1. The number of hydrogen-bond donors (Lipinski definition) is 2. The third kappa shape index (κ3) is 5.45. The average Bonchev–Trinajstić information content (AvgIpc) is 3.19. The van der Waals surface area contributed by atoms with Crippen LogP contribution in [0, 0.1) is 0 Å². The Hall–Kier alpha value is -1.60. The van der Waals surface area contributed by atoms with Gasteiger partial charge in [-0.25, -0.2) is 4.99 Å². The third-order valence-electron chi connectivity index (χ3n) is 5.76. The molecule has 7 nitrogen and oxygen atoms in total. The van der Waals surface area contributed by atoms with Crippen molar-refractivity contribution in [1.29, 1.82) is 0 Å². The Morgan fingerprint density at radius 3 is 2.63 bits per heavy atom. The van der Waals surface area contributed by atoms with Crippen molar-refractivity contribution in [3.05, 3.63) is 17.5 Å². The van der Waals surface area contributed by atoms with Gasteiger partial charge < -0.3 is 19.9 Å². The summed E-state index contributed by atoms with van der Waals surface area (Å²) in [6.45, 7) is 10.2. The summed E-state index contributed by atoms with van der Waals surface area (Å²) in [7, 11) is 0. The van der Waals surface area contributed by atoms with Crippen LogP contribution in [0.1, 0.15) is 57.4 Å². The molecule has 2 heterocycles. The molecule has 27 heavy (non-hydrogen) atoms. The van der Waals surface area contributed by atoms with Crippen LogP contribution in [0.25, 0.3) is 0 Å². The zero-order valence-corrected chi connectivity index (χ0v) is 16.9. The fraction of sp³-hybridized carbons (Fsp3) is 0.800. The number of aryl methyl sites for hydroxylation is 1. The Labute approximate surface area is 162 Å². The minimum absolute atomic E-state index is 0.222. The lowest BCUT2D eigenvalue weighted by atomic mass is 9.80. The van der Waals surface area contributed by atoms with Gasteiger partial charge in [-0.2, -0.15) is 0 Å². The molecule has 2 N–H and O–H groups in total. The first-order valence-corrected chi connectivity index (χ1v) is 10.5. The lowest BCUT2D eigenvalue weighted by molar-refractivity contribution is -0.0352. The topological polar surface area (TPSA) is 74.9 Å². The number of hydrogen-bond acceptors (Lipinski definition) is 5. The molecule has 3 rings (SSSR count). The molecule has 7 heteroatoms. The standard InChI is InChI=1S/C20H35N5O2/c1-3-17-14-18(27-24-17)15-22-19(21-4-2)23-16-20(8-6-5-7-9-20)25-10-12-26-13-11-25/h14H,3-13,15-16H2,1-2H3,(H2,21,22,23). The van der Waals surface area contributed by atoms with Gasteiger partial charge in [0, 0.05) is 37.8 Å². The number of aromatic nitrogens is 1. The van der Waals surface area contributed by atoms with Gasteiger partial charge in [-0.1, -0.05) is 31.3 Å². The SMILES string of the molecule is CCNC(=NCc1cc(CC)no1)NCC1(N2CCOCC2)CCCCC1. The van der Waals surface area contributed by atoms with Gasteiger partial charge in [0.2, 0.25) is 0 Å². The van der Waals surface area contributed by atoms with Crippen LogP contribution >= 0.6 is 0 Å². The zero-order valence-electron chi connectivity index (χ0n) is 16.9. The van der Waals surface area contributed by atoms with E-state index in [1.807, 2.05) is 6.07 Å². The van der Waals surface area contributed by atoms with E-state index in [1.165, 1.54) is 32.1 Å². The molecule has 1 aromatic heterocycles. The number of rotatable bonds is 7. The van der Waals surface area contributed by atoms with Crippen LogP contribution in [0.15, 0.2) is 15.6 Å². The van der Waals surface area contributed by atoms with Crippen molar-refractivity contribution in [2.75, 3.05) is 39.4 Å². The molecule has 1 saturated heterocycles. The minimum Gasteiger partial charge on any atom is -0.379 e. The highest BCUT2D eigenvalue weighted by molar-refractivity contribution is 5.79. The van der Waals surface area contributed by atoms with E-state index in [9.17, 15) is 0 Å². The summed E-state index contributed by atoms with van der Waals surface area (Å²) in [6.07, 6.45) is 7.36. The van der Waals surface area contributed by atoms with Crippen molar-refractivity contribution < 1.29 is 9.26 Å². The van der Waals surface area contributed by atoms with Gasteiger partial charge in [-0.15, -0.1) is 0 Å². The van der Waals surface area contributed by atoms with E-state index in [1.54, 1.807) is 0 Å². The number of morpholine rings is 1. The van der Waals surface area contributed by atoms with Crippen LogP contribution in [0.2, 0.25) is 0 Å². The van der Waals surface area contributed by atoms with Gasteiger partial charge in [-0.05, 0) is 26.2 Å². The second-order valence-corrected chi connectivity index (χ2v) is 7.57. The molecule has 1 aliphatic carbocycles. The molecule has 0 radical (unpaired) electrons. The summed E-state index contributed by atoms with van der Waals surface area (Å²) in [4.78, 5) is 7.36. The summed E-state index contributed by atoms with van der Waals surface area (Å²) in [5.74, 6) is 1.66. The number of aliphatic imine (C=N–C) groups is 1. The predicted molar refractivity (Wildman–Crippen MR) is 107 cm³/mol. The Morgan fingerprint density at radius 2 is 1.96 bits per heavy atom. The van der Waals surface area contributed by atoms with Gasteiger partial charge in [0.15, 0.2) is 11.7 Å². The maximum atomic E-state index is 5.58. The molecule has 1 aromatic rings. The Bertz CT molecular complexity index is 589. The second-order valence-electron chi connectivity index (χ2n) is 7.57. The van der Waals surface area contributed by atoms with Crippen molar-refractivity contribution in [1.82, 2.24) is 20.7 Å². The van der Waals surface area contributed by atoms with E-state index in [0.29, 0.717) is 6.54 Å². The van der Waals surface area contributed by atoms with Gasteiger partial charge in [0.1, 0.15) is 6.54 Å². The van der Waals surface area contributed by atoms with Crippen LogP contribution in [0.4, 0.5) is 0 Å². The summed E-state index contributed by atoms with van der Waals surface area (Å²) >= 11 is 0. The molecule has 152 valence electrons. The number of ether oxygens (including phenoxy) is 1. The molecular weight excluding hydrogens is 342 g/mol. The van der Waals surface area contributed by atoms with Crippen LogP contribution in [-0.2, 0) is 17.7 Å². The first-order chi connectivity index (χ1) is 13.3. The van der Waals surface area contributed by atoms with Crippen molar-refractivity contribution in [2.45, 2.75) is 64.5 Å². The molecule has 1 saturated carbocycles. The highest BCUT2D eigenvalue weighted by Crippen LogP contribution is 2.33. The molecule has 0 spiro atoms. The maximum absolute atomic E-state index is 5.58. The predicted octanol–water partition coefficient (Wildman–Crippen LogP) is 2.33. The highest BCUT2D eigenvalue weighted by atomic mass is 16.5. The van der Waals surface area contributed by atoms with Crippen molar-refractivity contribution in [3.8, 4) is 0 Å². The molecule has 2 aliphatic rings. The van der Waals surface area contributed by atoms with Crippen LogP contribution < -0.4 is 10.6 Å². The minimum atomic E-state index is 0.222. The van der Waals surface area contributed by atoms with Gasteiger partial charge in [-0.3, -0.25) is 4.90 Å². The molecule has 0 aromatic carbocycles. The van der Waals surface area contributed by atoms with Crippen LogP contribution in [0.3, 0.4) is 0 Å². The largest absolute Gasteiger partial charge is 0.379 e. The molecule has 1 aliphatic heterocycles. The smallest absolute Gasteiger partial charge is 0.191 e. The summed E-state index contributed by atoms with van der Waals surface area (Å²) in [5.41, 5.74) is 1.20. The van der Waals surface area contributed by atoms with E-state index in [4.69, 9.17) is 14.3 Å². The molecule has 0 unspecified atom stereocenters. The van der Waals surface area contributed by atoms with Crippen molar-refractivity contribution in [2.24, 2.45) is 4.99 Å². The lowest BCUT2D eigenvalue weighted by Gasteiger charge is -2.48. The Kier molecular flexibility index (Phi) is 7.52. The van der Waals surface area contributed by atoms with E-state index in [0.717, 1.165) is 63.2 Å². The number of nitrogens with zero attached hydrogens (tertiary/aromatic N) is 3. The molecule has 0 atom stereocenters. The van der Waals surface area contributed by atoms with Crippen molar-refractivity contribution in [3.63, 3.8) is 0 Å². The van der Waals surface area contributed by atoms with E-state index in [2.05, 4.69) is 34.5 Å². The average molecular weight is 378 g/mol. The lowest BCUT2D eigenvalue weighted by Crippen LogP contribution is -2.60. The third-order valence-corrected chi connectivity index (χ3v) is 5.76. The van der Waals surface area contributed by atoms with E-state index >= 15 is 0 Å². The molecule has 0 amide bonds. The van der Waals surface area contributed by atoms with E-state index < -0.39 is 0 Å². The molecule has 2 fully saturated rings. The Morgan fingerprint density at radius 1 is 1.19 bits per heavy atom. The molecule has 0 bridgehead atoms. The summed E-state index contributed by atoms with van der Waals surface area (Å²) < 4.78 is 10.9. The highest BCUT2D eigenvalue weighted by Gasteiger charge is 2.38. The number of nitrogens with one attached hydrogen (secondary N) is 2. The summed E-state index contributed by atoms with van der Waals surface area (Å²) in [5, 5.41) is 11.0. The van der Waals surface area contributed by atoms with Gasteiger partial charge >= 0.3 is 0 Å². The van der Waals surface area contributed by atoms with Gasteiger partial charge in [0.05, 0.1) is 18.9 Å². The van der Waals surface area contributed by atoms with Gasteiger partial charge in [0.25, 0.3) is 0 Å². The quantitative estimate of drug-likeness (QED) is 0.561. The summed E-state index contributed by atoms with van der Waals surface area (Å²) in [6, 6.07) is 1.99. The first-order valence-electron chi connectivity index (χ1n) is 10.5. The number of guanidine groups is 1. The fourth-order valence-corrected chi connectivity index (χ4v) is 4.20. The molecular formula is C20H35N5O2. The Balaban J connectivity index is 1.63. The normalized spacial score (nSPS) is 21.2. The van der Waals surface area contributed by atoms with Crippen molar-refractivity contribution >= 4 is 5.96 Å². The van der Waals surface area contributed by atoms with E-state index in [-0.39, 0.29) is 5.54 Å². The zero-order chi connectivity index (χ0) is 19.0. The second kappa shape index (κ2) is 10.1. The fourth-order valence-electron chi connectivity index (χ4n) is 4.20. The maximum Gasteiger partial charge on any atom is 0.191 e. The van der Waals surface area contributed by atoms with Crippen LogP contribution in [-0.4, -0.2) is 60.9 Å². The monoisotopic (exact) mass is 377 g/mol.